The first-order valence-corrected chi connectivity index (χ1v) is 23.1. The first-order valence-electron chi connectivity index (χ1n) is 23.1. The van der Waals surface area contributed by atoms with Crippen LogP contribution in [0.4, 0.5) is 0 Å². The van der Waals surface area contributed by atoms with Crippen LogP contribution in [0.2, 0.25) is 0 Å². The molecule has 0 aromatic heterocycles. The van der Waals surface area contributed by atoms with E-state index >= 15 is 0 Å². The highest BCUT2D eigenvalue weighted by atomic mass is 16.3. The van der Waals surface area contributed by atoms with Crippen LogP contribution in [0.25, 0.3) is 0 Å². The van der Waals surface area contributed by atoms with E-state index in [0.29, 0.717) is 12.8 Å². The van der Waals surface area contributed by atoms with Crippen molar-refractivity contribution in [1.29, 1.82) is 0 Å². The van der Waals surface area contributed by atoms with Gasteiger partial charge in [0, 0.05) is 0 Å². The maximum atomic E-state index is 12.5. The highest BCUT2D eigenvalue weighted by Gasteiger charge is 2.28. The van der Waals surface area contributed by atoms with Crippen LogP contribution in [0.3, 0.4) is 0 Å². The lowest BCUT2D eigenvalue weighted by Gasteiger charge is -2.27. The van der Waals surface area contributed by atoms with Gasteiger partial charge >= 0.3 is 0 Å². The van der Waals surface area contributed by atoms with Crippen molar-refractivity contribution in [1.82, 2.24) is 5.32 Å². The Bertz CT molecular complexity index is 746. The summed E-state index contributed by atoms with van der Waals surface area (Å²) in [4.78, 5) is 12.5. The van der Waals surface area contributed by atoms with Crippen molar-refractivity contribution in [2.75, 3.05) is 6.61 Å². The zero-order valence-electron chi connectivity index (χ0n) is 34.8. The molecule has 0 aromatic carbocycles. The molecule has 6 heteroatoms. The van der Waals surface area contributed by atoms with Crippen molar-refractivity contribution in [2.45, 2.75) is 269 Å². The van der Waals surface area contributed by atoms with Gasteiger partial charge in [-0.25, -0.2) is 0 Å². The van der Waals surface area contributed by atoms with E-state index in [1.54, 1.807) is 0 Å². The lowest BCUT2D eigenvalue weighted by atomic mass is 10.00. The highest BCUT2D eigenvalue weighted by molar-refractivity contribution is 5.80. The number of hydrogen-bond acceptors (Lipinski definition) is 5. The van der Waals surface area contributed by atoms with Crippen LogP contribution in [0.15, 0.2) is 12.2 Å². The Hall–Kier alpha value is -0.950. The third-order valence-electron chi connectivity index (χ3n) is 11.0. The lowest BCUT2D eigenvalue weighted by molar-refractivity contribution is -0.132. The highest BCUT2D eigenvalue weighted by Crippen LogP contribution is 2.17. The summed E-state index contributed by atoms with van der Waals surface area (Å²) in [5.41, 5.74) is 0. The predicted octanol–water partition coefficient (Wildman–Crippen LogP) is 12.2. The summed E-state index contributed by atoms with van der Waals surface area (Å²) in [5.74, 6) is -0.589. The van der Waals surface area contributed by atoms with E-state index in [0.717, 1.165) is 38.5 Å². The molecule has 0 radical (unpaired) electrons. The number of carbonyl (C=O) groups excluding carboxylic acids is 1. The summed E-state index contributed by atoms with van der Waals surface area (Å²) >= 11 is 0. The zero-order valence-corrected chi connectivity index (χ0v) is 34.8. The van der Waals surface area contributed by atoms with Crippen LogP contribution in [-0.4, -0.2) is 57.3 Å². The normalized spacial score (nSPS) is 14.2. The molecule has 0 aromatic rings. The Labute approximate surface area is 323 Å². The second kappa shape index (κ2) is 41.2. The molecule has 0 spiro atoms. The minimum Gasteiger partial charge on any atom is -0.394 e. The number of unbranched alkanes of at least 4 members (excludes halogenated alkanes) is 31. The molecular weight excluding hydrogens is 647 g/mol. The monoisotopic (exact) mass is 738 g/mol. The van der Waals surface area contributed by atoms with Gasteiger partial charge in [0.1, 0.15) is 12.2 Å². The molecule has 310 valence electrons. The van der Waals surface area contributed by atoms with Gasteiger partial charge in [-0.2, -0.15) is 0 Å². The van der Waals surface area contributed by atoms with E-state index in [1.165, 1.54) is 180 Å². The molecular formula is C46H91NO5. The number of amides is 1. The molecule has 0 aliphatic heterocycles. The summed E-state index contributed by atoms with van der Waals surface area (Å²) in [6.07, 6.45) is 45.3. The molecule has 6 nitrogen and oxygen atoms in total. The summed E-state index contributed by atoms with van der Waals surface area (Å²) in [7, 11) is 0. The molecule has 0 fully saturated rings. The van der Waals surface area contributed by atoms with Gasteiger partial charge in [-0.1, -0.05) is 219 Å². The van der Waals surface area contributed by atoms with E-state index in [1.807, 2.05) is 0 Å². The number of hydrogen-bond donors (Lipinski definition) is 5. The summed E-state index contributed by atoms with van der Waals surface area (Å²) in [6.45, 7) is 4.05. The van der Waals surface area contributed by atoms with Gasteiger partial charge in [-0.3, -0.25) is 4.79 Å². The minimum atomic E-state index is -1.28. The van der Waals surface area contributed by atoms with Crippen LogP contribution >= 0.6 is 0 Å². The van der Waals surface area contributed by atoms with Gasteiger partial charge in [-0.05, 0) is 38.5 Å². The van der Waals surface area contributed by atoms with Gasteiger partial charge in [0.2, 0.25) is 5.91 Å². The van der Waals surface area contributed by atoms with E-state index in [9.17, 15) is 25.2 Å². The SMILES string of the molecule is CCCCCCCCCCCCC/C=C/CCCC(O)C(O)C(CO)NC(=O)C(O)CCCCCCCCCCCCCCCCCCCCCC. The molecule has 0 heterocycles. The quantitative estimate of drug-likeness (QED) is 0.0316. The van der Waals surface area contributed by atoms with Gasteiger partial charge in [0.15, 0.2) is 0 Å². The Morgan fingerprint density at radius 2 is 0.788 bits per heavy atom. The van der Waals surface area contributed by atoms with Crippen molar-refractivity contribution >= 4 is 5.91 Å². The predicted molar refractivity (Wildman–Crippen MR) is 224 cm³/mol. The fraction of sp³-hybridized carbons (Fsp3) is 0.935. The molecule has 0 saturated heterocycles. The lowest BCUT2D eigenvalue weighted by Crippen LogP contribution is -2.53. The molecule has 5 N–H and O–H groups in total. The number of allylic oxidation sites excluding steroid dienone is 2. The first-order chi connectivity index (χ1) is 25.5. The molecule has 4 unspecified atom stereocenters. The maximum Gasteiger partial charge on any atom is 0.249 e. The standard InChI is InChI=1S/C46H91NO5/c1-3-5-7-9-11-13-15-17-19-21-22-23-24-26-28-30-32-34-36-38-40-44(50)46(52)47-42(41-48)45(51)43(49)39-37-35-33-31-29-27-25-20-18-16-14-12-10-8-6-4-2/h31,33,42-45,48-51H,3-30,32,34-41H2,1-2H3,(H,47,52)/b33-31+. The van der Waals surface area contributed by atoms with Crippen molar-refractivity contribution in [3.63, 3.8) is 0 Å². The van der Waals surface area contributed by atoms with E-state index < -0.39 is 36.9 Å². The van der Waals surface area contributed by atoms with Crippen molar-refractivity contribution < 1.29 is 25.2 Å². The minimum absolute atomic E-state index is 0.368. The molecule has 0 rings (SSSR count). The van der Waals surface area contributed by atoms with Crippen LogP contribution < -0.4 is 5.32 Å². The van der Waals surface area contributed by atoms with E-state index in [-0.39, 0.29) is 0 Å². The fourth-order valence-corrected chi connectivity index (χ4v) is 7.29. The maximum absolute atomic E-state index is 12.5. The van der Waals surface area contributed by atoms with Gasteiger partial charge in [-0.15, -0.1) is 0 Å². The van der Waals surface area contributed by atoms with Crippen molar-refractivity contribution in [3.05, 3.63) is 12.2 Å². The molecule has 0 aliphatic rings. The first kappa shape index (κ1) is 51.0. The Balaban J connectivity index is 3.72. The number of rotatable bonds is 42. The van der Waals surface area contributed by atoms with E-state index in [2.05, 4.69) is 31.3 Å². The Morgan fingerprint density at radius 1 is 0.462 bits per heavy atom. The molecule has 1 amide bonds. The third-order valence-corrected chi connectivity index (χ3v) is 11.0. The van der Waals surface area contributed by atoms with Crippen molar-refractivity contribution in [3.8, 4) is 0 Å². The van der Waals surface area contributed by atoms with Crippen LogP contribution in [0.1, 0.15) is 245 Å². The summed E-state index contributed by atoms with van der Waals surface area (Å²) < 4.78 is 0. The number of aliphatic hydroxyl groups excluding tert-OH is 4. The van der Waals surface area contributed by atoms with Crippen LogP contribution in [0, 0.1) is 0 Å². The fourth-order valence-electron chi connectivity index (χ4n) is 7.29. The largest absolute Gasteiger partial charge is 0.394 e. The van der Waals surface area contributed by atoms with Crippen molar-refractivity contribution in [2.24, 2.45) is 0 Å². The van der Waals surface area contributed by atoms with Gasteiger partial charge in [0.05, 0.1) is 18.8 Å². The molecule has 52 heavy (non-hydrogen) atoms. The average Bonchev–Trinajstić information content (AvgIpc) is 3.15. The Kier molecular flexibility index (Phi) is 40.5. The number of aliphatic hydroxyl groups is 4. The second-order valence-electron chi connectivity index (χ2n) is 16.1. The average molecular weight is 738 g/mol. The summed E-state index contributed by atoms with van der Waals surface area (Å²) in [5, 5.41) is 43.7. The van der Waals surface area contributed by atoms with Crippen LogP contribution in [0.5, 0.6) is 0 Å². The number of carbonyl (C=O) groups is 1. The smallest absolute Gasteiger partial charge is 0.249 e. The number of nitrogens with one attached hydrogen (secondary N) is 1. The zero-order chi connectivity index (χ0) is 38.2. The second-order valence-corrected chi connectivity index (χ2v) is 16.1. The van der Waals surface area contributed by atoms with Gasteiger partial charge < -0.3 is 25.7 Å². The third kappa shape index (κ3) is 34.8. The molecule has 0 bridgehead atoms. The summed E-state index contributed by atoms with van der Waals surface area (Å²) in [6, 6.07) is -0.997. The van der Waals surface area contributed by atoms with Gasteiger partial charge in [0.25, 0.3) is 0 Å². The Morgan fingerprint density at radius 3 is 1.15 bits per heavy atom. The topological polar surface area (TPSA) is 110 Å². The molecule has 0 aliphatic carbocycles. The molecule has 4 atom stereocenters. The van der Waals surface area contributed by atoms with Crippen LogP contribution in [-0.2, 0) is 4.79 Å². The van der Waals surface area contributed by atoms with E-state index in [4.69, 9.17) is 0 Å². The molecule has 0 saturated carbocycles.